The number of anilines is 2. The summed E-state index contributed by atoms with van der Waals surface area (Å²) < 4.78 is 11.0. The Balaban J connectivity index is 1.45. The summed E-state index contributed by atoms with van der Waals surface area (Å²) in [4.78, 5) is 18.6. The van der Waals surface area contributed by atoms with E-state index in [2.05, 4.69) is 15.2 Å². The lowest BCUT2D eigenvalue weighted by molar-refractivity contribution is -0.116. The van der Waals surface area contributed by atoms with E-state index in [1.165, 1.54) is 0 Å². The van der Waals surface area contributed by atoms with Crippen molar-refractivity contribution in [2.24, 2.45) is 0 Å². The lowest BCUT2D eigenvalue weighted by Crippen LogP contribution is -2.36. The molecule has 0 atom stereocenters. The maximum Gasteiger partial charge on any atom is 0.227 e. The molecule has 0 unspecified atom stereocenters. The van der Waals surface area contributed by atoms with Crippen LogP contribution in [-0.2, 0) is 9.53 Å². The predicted octanol–water partition coefficient (Wildman–Crippen LogP) is 2.63. The number of morpholine rings is 1. The van der Waals surface area contributed by atoms with Gasteiger partial charge in [0.15, 0.2) is 0 Å². The monoisotopic (exact) mass is 341 g/mol. The second kappa shape index (κ2) is 8.48. The Kier molecular flexibility index (Phi) is 5.85. The minimum Gasteiger partial charge on any atom is -0.493 e. The Morgan fingerprint density at radius 2 is 2.04 bits per heavy atom. The number of carbonyl (C=O) groups excluding carboxylic acids is 1. The number of pyridine rings is 1. The van der Waals surface area contributed by atoms with Crippen LogP contribution < -0.4 is 15.0 Å². The second-order valence-electron chi connectivity index (χ2n) is 5.92. The quantitative estimate of drug-likeness (QED) is 0.875. The molecule has 1 fully saturated rings. The molecular formula is C19H23N3O3. The van der Waals surface area contributed by atoms with Crippen molar-refractivity contribution in [3.63, 3.8) is 0 Å². The van der Waals surface area contributed by atoms with Crippen molar-refractivity contribution in [3.05, 3.63) is 48.2 Å². The summed E-state index contributed by atoms with van der Waals surface area (Å²) in [5, 5.41) is 2.85. The molecule has 1 aliphatic rings. The molecule has 1 aromatic carbocycles. The first kappa shape index (κ1) is 17.2. The Morgan fingerprint density at radius 1 is 1.24 bits per heavy atom. The van der Waals surface area contributed by atoms with Crippen molar-refractivity contribution >= 4 is 17.4 Å². The molecule has 6 nitrogen and oxygen atoms in total. The van der Waals surface area contributed by atoms with Gasteiger partial charge in [0.05, 0.1) is 38.1 Å². The summed E-state index contributed by atoms with van der Waals surface area (Å²) >= 11 is 0. The first-order valence-electron chi connectivity index (χ1n) is 8.49. The van der Waals surface area contributed by atoms with Gasteiger partial charge in [-0.2, -0.15) is 0 Å². The summed E-state index contributed by atoms with van der Waals surface area (Å²) in [6, 6.07) is 11.6. The van der Waals surface area contributed by atoms with E-state index in [1.807, 2.05) is 43.3 Å². The molecule has 6 heteroatoms. The number of hydrogen-bond donors (Lipinski definition) is 1. The maximum atomic E-state index is 12.0. The number of amides is 1. The zero-order valence-electron chi connectivity index (χ0n) is 14.4. The van der Waals surface area contributed by atoms with Crippen LogP contribution in [0.3, 0.4) is 0 Å². The van der Waals surface area contributed by atoms with Gasteiger partial charge in [0.25, 0.3) is 0 Å². The topological polar surface area (TPSA) is 63.7 Å². The Labute approximate surface area is 147 Å². The van der Waals surface area contributed by atoms with E-state index in [0.717, 1.165) is 43.4 Å². The van der Waals surface area contributed by atoms with Crippen LogP contribution in [0.15, 0.2) is 42.6 Å². The molecular weight excluding hydrogens is 318 g/mol. The van der Waals surface area contributed by atoms with Gasteiger partial charge >= 0.3 is 0 Å². The van der Waals surface area contributed by atoms with Crippen molar-refractivity contribution in [2.75, 3.05) is 43.1 Å². The average Bonchev–Trinajstić information content (AvgIpc) is 2.65. The van der Waals surface area contributed by atoms with E-state index in [4.69, 9.17) is 9.47 Å². The van der Waals surface area contributed by atoms with Crippen molar-refractivity contribution < 1.29 is 14.3 Å². The van der Waals surface area contributed by atoms with Crippen LogP contribution >= 0.6 is 0 Å². The molecule has 0 saturated carbocycles. The largest absolute Gasteiger partial charge is 0.493 e. The molecule has 1 aliphatic heterocycles. The van der Waals surface area contributed by atoms with Crippen LogP contribution in [0.5, 0.6) is 5.75 Å². The van der Waals surface area contributed by atoms with E-state index in [-0.39, 0.29) is 5.91 Å². The van der Waals surface area contributed by atoms with Crippen molar-refractivity contribution in [1.82, 2.24) is 4.98 Å². The molecule has 25 heavy (non-hydrogen) atoms. The number of nitrogens with one attached hydrogen (secondary N) is 1. The third-order valence-electron chi connectivity index (χ3n) is 4.05. The molecule has 2 aromatic rings. The molecule has 0 radical (unpaired) electrons. The number of hydrogen-bond acceptors (Lipinski definition) is 5. The summed E-state index contributed by atoms with van der Waals surface area (Å²) in [7, 11) is 0. The highest BCUT2D eigenvalue weighted by atomic mass is 16.5. The average molecular weight is 341 g/mol. The number of rotatable bonds is 6. The lowest BCUT2D eigenvalue weighted by Gasteiger charge is -2.27. The lowest BCUT2D eigenvalue weighted by atomic mass is 10.2. The SMILES string of the molecule is Cc1ccccc1OCCC(=O)Nc1ccc(N2CCOCC2)nc1. The van der Waals surface area contributed by atoms with Gasteiger partial charge in [-0.1, -0.05) is 18.2 Å². The fraction of sp³-hybridized carbons (Fsp3) is 0.368. The third kappa shape index (κ3) is 4.93. The van der Waals surface area contributed by atoms with Crippen LogP contribution in [0.25, 0.3) is 0 Å². The van der Waals surface area contributed by atoms with Crippen LogP contribution in [0, 0.1) is 6.92 Å². The van der Waals surface area contributed by atoms with Crippen molar-refractivity contribution in [1.29, 1.82) is 0 Å². The van der Waals surface area contributed by atoms with Gasteiger partial charge in [-0.15, -0.1) is 0 Å². The van der Waals surface area contributed by atoms with Crippen LogP contribution in [0.4, 0.5) is 11.5 Å². The number of para-hydroxylation sites is 1. The molecule has 0 aliphatic carbocycles. The van der Waals surface area contributed by atoms with Gasteiger partial charge in [0.2, 0.25) is 5.91 Å². The number of carbonyl (C=O) groups is 1. The van der Waals surface area contributed by atoms with E-state index in [9.17, 15) is 4.79 Å². The van der Waals surface area contributed by atoms with Gasteiger partial charge in [-0.05, 0) is 30.7 Å². The number of aryl methyl sites for hydroxylation is 1. The van der Waals surface area contributed by atoms with Crippen molar-refractivity contribution in [2.45, 2.75) is 13.3 Å². The zero-order chi connectivity index (χ0) is 17.5. The number of nitrogens with zero attached hydrogens (tertiary/aromatic N) is 2. The third-order valence-corrected chi connectivity index (χ3v) is 4.05. The highest BCUT2D eigenvalue weighted by molar-refractivity contribution is 5.90. The van der Waals surface area contributed by atoms with Gasteiger partial charge in [-0.3, -0.25) is 4.79 Å². The van der Waals surface area contributed by atoms with Crippen molar-refractivity contribution in [3.8, 4) is 5.75 Å². The van der Waals surface area contributed by atoms with E-state index < -0.39 is 0 Å². The standard InChI is InChI=1S/C19H23N3O3/c1-15-4-2-3-5-17(15)25-11-8-19(23)21-16-6-7-18(20-14-16)22-9-12-24-13-10-22/h2-7,14H,8-13H2,1H3,(H,21,23). The van der Waals surface area contributed by atoms with E-state index >= 15 is 0 Å². The predicted molar refractivity (Wildman–Crippen MR) is 97.2 cm³/mol. The molecule has 3 rings (SSSR count). The van der Waals surface area contributed by atoms with Crippen LogP contribution in [0.1, 0.15) is 12.0 Å². The van der Waals surface area contributed by atoms with Crippen LogP contribution in [0.2, 0.25) is 0 Å². The highest BCUT2D eigenvalue weighted by Gasteiger charge is 2.12. The molecule has 0 spiro atoms. The Hall–Kier alpha value is -2.60. The summed E-state index contributed by atoms with van der Waals surface area (Å²) in [5.74, 6) is 1.63. The number of ether oxygens (including phenoxy) is 2. The molecule has 1 N–H and O–H groups in total. The van der Waals surface area contributed by atoms with Gasteiger partial charge in [-0.25, -0.2) is 4.98 Å². The number of benzene rings is 1. The van der Waals surface area contributed by atoms with Gasteiger partial charge < -0.3 is 19.7 Å². The van der Waals surface area contributed by atoms with Gasteiger partial charge in [0.1, 0.15) is 11.6 Å². The molecule has 1 saturated heterocycles. The van der Waals surface area contributed by atoms with Crippen LogP contribution in [-0.4, -0.2) is 43.8 Å². The Bertz CT molecular complexity index is 697. The van der Waals surface area contributed by atoms with E-state index in [1.54, 1.807) is 6.20 Å². The summed E-state index contributed by atoms with van der Waals surface area (Å²) in [6.45, 7) is 5.46. The fourth-order valence-electron chi connectivity index (χ4n) is 2.64. The van der Waals surface area contributed by atoms with E-state index in [0.29, 0.717) is 18.7 Å². The number of aromatic nitrogens is 1. The Morgan fingerprint density at radius 3 is 2.76 bits per heavy atom. The molecule has 0 bridgehead atoms. The smallest absolute Gasteiger partial charge is 0.227 e. The first-order chi connectivity index (χ1) is 12.2. The summed E-state index contributed by atoms with van der Waals surface area (Å²) in [5.41, 5.74) is 1.75. The molecule has 132 valence electrons. The maximum absolute atomic E-state index is 12.0. The minimum atomic E-state index is -0.0884. The molecule has 1 amide bonds. The van der Waals surface area contributed by atoms with Gasteiger partial charge in [0, 0.05) is 13.1 Å². The normalized spacial score (nSPS) is 14.2. The first-order valence-corrected chi connectivity index (χ1v) is 8.49. The summed E-state index contributed by atoms with van der Waals surface area (Å²) in [6.07, 6.45) is 1.98. The molecule has 2 heterocycles. The highest BCUT2D eigenvalue weighted by Crippen LogP contribution is 2.17. The minimum absolute atomic E-state index is 0.0884. The fourth-order valence-corrected chi connectivity index (χ4v) is 2.64. The zero-order valence-corrected chi connectivity index (χ0v) is 14.4. The second-order valence-corrected chi connectivity index (χ2v) is 5.92. The molecule has 1 aromatic heterocycles.